The first kappa shape index (κ1) is 9.45. The van der Waals surface area contributed by atoms with Crippen LogP contribution < -0.4 is 4.74 Å². The summed E-state index contributed by atoms with van der Waals surface area (Å²) in [6.45, 7) is 3.58. The van der Waals surface area contributed by atoms with E-state index in [-0.39, 0.29) is 11.5 Å². The van der Waals surface area contributed by atoms with E-state index in [2.05, 4.69) is 6.58 Å². The molecule has 3 nitrogen and oxygen atoms in total. The molecule has 1 rings (SSSR count). The van der Waals surface area contributed by atoms with Crippen LogP contribution in [0.15, 0.2) is 24.8 Å². The average Bonchev–Trinajstić information content (AvgIpc) is 2.12. The molecule has 2 N–H and O–H groups in total. The Labute approximate surface area is 76.9 Å². The minimum Gasteiger partial charge on any atom is -0.504 e. The standard InChI is InChI=1S/C10H12O3/c1-3-4-7-5-6-8(11)9(12)10(7)13-2/h3,5-6,11-12H,1,4H2,2H3. The van der Waals surface area contributed by atoms with Crippen LogP contribution in [-0.2, 0) is 6.42 Å². The number of benzene rings is 1. The van der Waals surface area contributed by atoms with Gasteiger partial charge >= 0.3 is 0 Å². The number of hydrogen-bond donors (Lipinski definition) is 2. The van der Waals surface area contributed by atoms with Crippen LogP contribution in [0.3, 0.4) is 0 Å². The lowest BCUT2D eigenvalue weighted by Crippen LogP contribution is -1.91. The van der Waals surface area contributed by atoms with Crippen molar-refractivity contribution in [2.45, 2.75) is 6.42 Å². The van der Waals surface area contributed by atoms with Crippen LogP contribution in [0.1, 0.15) is 5.56 Å². The highest BCUT2D eigenvalue weighted by Gasteiger charge is 2.10. The zero-order chi connectivity index (χ0) is 9.84. The maximum atomic E-state index is 9.40. The van der Waals surface area contributed by atoms with E-state index < -0.39 is 0 Å². The maximum Gasteiger partial charge on any atom is 0.200 e. The molecule has 0 heterocycles. The van der Waals surface area contributed by atoms with E-state index in [1.165, 1.54) is 13.2 Å². The molecule has 13 heavy (non-hydrogen) atoms. The molecule has 0 fully saturated rings. The van der Waals surface area contributed by atoms with Gasteiger partial charge in [0.1, 0.15) is 0 Å². The van der Waals surface area contributed by atoms with Gasteiger partial charge in [0.25, 0.3) is 0 Å². The molecule has 0 aliphatic carbocycles. The minimum absolute atomic E-state index is 0.176. The fourth-order valence-electron chi connectivity index (χ4n) is 1.15. The second kappa shape index (κ2) is 3.85. The van der Waals surface area contributed by atoms with Crippen LogP contribution in [0.2, 0.25) is 0 Å². The molecule has 0 saturated heterocycles. The third-order valence-electron chi connectivity index (χ3n) is 1.76. The summed E-state index contributed by atoms with van der Waals surface area (Å²) in [6, 6.07) is 3.12. The van der Waals surface area contributed by atoms with Gasteiger partial charge in [-0.2, -0.15) is 0 Å². The third-order valence-corrected chi connectivity index (χ3v) is 1.76. The summed E-state index contributed by atoms with van der Waals surface area (Å²) >= 11 is 0. The van der Waals surface area contributed by atoms with Gasteiger partial charge in [-0.15, -0.1) is 6.58 Å². The highest BCUT2D eigenvalue weighted by atomic mass is 16.5. The van der Waals surface area contributed by atoms with Gasteiger partial charge in [-0.3, -0.25) is 0 Å². The first-order valence-electron chi connectivity index (χ1n) is 3.89. The lowest BCUT2D eigenvalue weighted by molar-refractivity contribution is 0.348. The molecular formula is C10H12O3. The van der Waals surface area contributed by atoms with E-state index in [1.807, 2.05) is 0 Å². The number of methoxy groups -OCH3 is 1. The molecule has 0 aromatic heterocycles. The van der Waals surface area contributed by atoms with E-state index >= 15 is 0 Å². The molecular weight excluding hydrogens is 168 g/mol. The quantitative estimate of drug-likeness (QED) is 0.551. The summed E-state index contributed by atoms with van der Waals surface area (Å²) in [7, 11) is 1.45. The van der Waals surface area contributed by atoms with Gasteiger partial charge < -0.3 is 14.9 Å². The zero-order valence-electron chi connectivity index (χ0n) is 7.45. The minimum atomic E-state index is -0.221. The lowest BCUT2D eigenvalue weighted by Gasteiger charge is -2.09. The zero-order valence-corrected chi connectivity index (χ0v) is 7.45. The summed E-state index contributed by atoms with van der Waals surface area (Å²) in [5, 5.41) is 18.6. The number of phenols is 2. The van der Waals surface area contributed by atoms with Crippen molar-refractivity contribution in [1.29, 1.82) is 0 Å². The molecule has 0 radical (unpaired) electrons. The van der Waals surface area contributed by atoms with Crippen molar-refractivity contribution in [3.63, 3.8) is 0 Å². The summed E-state index contributed by atoms with van der Waals surface area (Å²) in [5.41, 5.74) is 0.799. The van der Waals surface area contributed by atoms with Gasteiger partial charge in [0.05, 0.1) is 7.11 Å². The molecule has 3 heteroatoms. The van der Waals surface area contributed by atoms with Crippen molar-refractivity contribution in [3.8, 4) is 17.2 Å². The summed E-state index contributed by atoms with van der Waals surface area (Å²) in [6.07, 6.45) is 2.30. The third kappa shape index (κ3) is 1.75. The highest BCUT2D eigenvalue weighted by molar-refractivity contribution is 5.54. The fourth-order valence-corrected chi connectivity index (χ4v) is 1.15. The molecule has 0 spiro atoms. The van der Waals surface area contributed by atoms with Crippen LogP contribution in [0.4, 0.5) is 0 Å². The van der Waals surface area contributed by atoms with Crippen LogP contribution in [0, 0.1) is 0 Å². The fraction of sp³-hybridized carbons (Fsp3) is 0.200. The molecule has 1 aromatic rings. The Bertz CT molecular complexity index is 318. The summed E-state index contributed by atoms with van der Waals surface area (Å²) in [4.78, 5) is 0. The van der Waals surface area contributed by atoms with E-state index in [4.69, 9.17) is 9.84 Å². The predicted molar refractivity (Wildman–Crippen MR) is 50.2 cm³/mol. The number of allylic oxidation sites excluding steroid dienone is 1. The van der Waals surface area contributed by atoms with E-state index in [0.717, 1.165) is 5.56 Å². The Hall–Kier alpha value is -1.64. The summed E-state index contributed by atoms with van der Waals surface area (Å²) < 4.78 is 4.95. The molecule has 0 atom stereocenters. The van der Waals surface area contributed by atoms with Gasteiger partial charge in [0, 0.05) is 5.56 Å². The van der Waals surface area contributed by atoms with Gasteiger partial charge in [-0.05, 0) is 12.5 Å². The number of ether oxygens (including phenoxy) is 1. The largest absolute Gasteiger partial charge is 0.504 e. The van der Waals surface area contributed by atoms with Crippen molar-refractivity contribution in [3.05, 3.63) is 30.4 Å². The van der Waals surface area contributed by atoms with Gasteiger partial charge in [0.15, 0.2) is 11.5 Å². The molecule has 0 bridgehead atoms. The second-order valence-electron chi connectivity index (χ2n) is 2.62. The van der Waals surface area contributed by atoms with Crippen molar-refractivity contribution >= 4 is 0 Å². The highest BCUT2D eigenvalue weighted by Crippen LogP contribution is 2.38. The lowest BCUT2D eigenvalue weighted by atomic mass is 10.1. The van der Waals surface area contributed by atoms with Crippen molar-refractivity contribution in [2.75, 3.05) is 7.11 Å². The SMILES string of the molecule is C=CCc1ccc(O)c(O)c1OC. The molecule has 0 amide bonds. The van der Waals surface area contributed by atoms with Crippen LogP contribution in [0.25, 0.3) is 0 Å². The van der Waals surface area contributed by atoms with Crippen molar-refractivity contribution in [2.24, 2.45) is 0 Å². The van der Waals surface area contributed by atoms with Crippen LogP contribution in [0.5, 0.6) is 17.2 Å². The summed E-state index contributed by atoms with van der Waals surface area (Å²) in [5.74, 6) is -0.0913. The monoisotopic (exact) mass is 180 g/mol. The first-order chi connectivity index (χ1) is 6.20. The van der Waals surface area contributed by atoms with E-state index in [9.17, 15) is 5.11 Å². The number of rotatable bonds is 3. The molecule has 0 unspecified atom stereocenters. The Kier molecular flexibility index (Phi) is 2.80. The molecule has 0 saturated carbocycles. The Morgan fingerprint density at radius 2 is 2.15 bits per heavy atom. The number of aromatic hydroxyl groups is 2. The average molecular weight is 180 g/mol. The van der Waals surface area contributed by atoms with E-state index in [1.54, 1.807) is 12.1 Å². The van der Waals surface area contributed by atoms with Crippen LogP contribution >= 0.6 is 0 Å². The van der Waals surface area contributed by atoms with E-state index in [0.29, 0.717) is 12.2 Å². The van der Waals surface area contributed by atoms with Crippen molar-refractivity contribution < 1.29 is 14.9 Å². The number of phenolic OH excluding ortho intramolecular Hbond substituents is 2. The Morgan fingerprint density at radius 3 is 2.69 bits per heavy atom. The van der Waals surface area contributed by atoms with Crippen molar-refractivity contribution in [1.82, 2.24) is 0 Å². The molecule has 0 aliphatic rings. The van der Waals surface area contributed by atoms with Crippen LogP contribution in [-0.4, -0.2) is 17.3 Å². The molecule has 1 aromatic carbocycles. The molecule has 0 aliphatic heterocycles. The second-order valence-corrected chi connectivity index (χ2v) is 2.62. The van der Waals surface area contributed by atoms with Gasteiger partial charge in [-0.1, -0.05) is 12.1 Å². The van der Waals surface area contributed by atoms with Gasteiger partial charge in [-0.25, -0.2) is 0 Å². The normalized spacial score (nSPS) is 9.62. The Balaban J connectivity index is 3.20. The topological polar surface area (TPSA) is 49.7 Å². The number of hydrogen-bond acceptors (Lipinski definition) is 3. The predicted octanol–water partition coefficient (Wildman–Crippen LogP) is 1.83. The maximum absolute atomic E-state index is 9.40. The smallest absolute Gasteiger partial charge is 0.200 e. The van der Waals surface area contributed by atoms with Gasteiger partial charge in [0.2, 0.25) is 5.75 Å². The first-order valence-corrected chi connectivity index (χ1v) is 3.89. The molecule has 70 valence electrons. The Morgan fingerprint density at radius 1 is 1.46 bits per heavy atom.